The van der Waals surface area contributed by atoms with Crippen LogP contribution in [-0.4, -0.2) is 18.8 Å². The van der Waals surface area contributed by atoms with Crippen molar-refractivity contribution in [2.45, 2.75) is 31.1 Å². The second-order valence-electron chi connectivity index (χ2n) is 3.76. The summed E-state index contributed by atoms with van der Waals surface area (Å²) in [4.78, 5) is 1.03. The molecule has 0 atom stereocenters. The smallest absolute Gasteiger partial charge is 0.124 e. The summed E-state index contributed by atoms with van der Waals surface area (Å²) in [5.74, 6) is 0.923. The molecule has 1 aromatic rings. The number of halogens is 1. The molecular weight excluding hydrogens is 221 g/mol. The van der Waals surface area contributed by atoms with E-state index < -0.39 is 0 Å². The van der Waals surface area contributed by atoms with Crippen LogP contribution in [0, 0.1) is 5.82 Å². The predicted octanol–water partition coefficient (Wildman–Crippen LogP) is 3.70. The molecule has 0 spiro atoms. The molecule has 3 heteroatoms. The Kier molecular flexibility index (Phi) is 7.26. The van der Waals surface area contributed by atoms with Gasteiger partial charge in [-0.25, -0.2) is 4.39 Å². The summed E-state index contributed by atoms with van der Waals surface area (Å²) >= 11 is 1.73. The van der Waals surface area contributed by atoms with E-state index in [0.717, 1.165) is 23.7 Å². The molecular formula is C13H20FNS. The molecule has 0 unspecified atom stereocenters. The average molecular weight is 241 g/mol. The van der Waals surface area contributed by atoms with Crippen LogP contribution in [0.15, 0.2) is 29.2 Å². The van der Waals surface area contributed by atoms with Crippen molar-refractivity contribution < 1.29 is 4.39 Å². The van der Waals surface area contributed by atoms with Gasteiger partial charge in [-0.15, -0.1) is 11.8 Å². The Hall–Kier alpha value is -0.540. The van der Waals surface area contributed by atoms with Gasteiger partial charge in [0.2, 0.25) is 0 Å². The van der Waals surface area contributed by atoms with Crippen LogP contribution in [0.5, 0.6) is 0 Å². The normalized spacial score (nSPS) is 10.6. The first-order valence-corrected chi connectivity index (χ1v) is 6.90. The van der Waals surface area contributed by atoms with Gasteiger partial charge in [-0.05, 0) is 56.3 Å². The van der Waals surface area contributed by atoms with Crippen LogP contribution in [0.1, 0.15) is 26.2 Å². The first-order valence-electron chi connectivity index (χ1n) is 5.92. The molecule has 0 radical (unpaired) electrons. The molecule has 0 bridgehead atoms. The third-order valence-corrected chi connectivity index (χ3v) is 3.32. The van der Waals surface area contributed by atoms with Gasteiger partial charge < -0.3 is 5.32 Å². The Balaban J connectivity index is 2.03. The number of hydrogen-bond donors (Lipinski definition) is 1. The Labute approximate surface area is 102 Å². The molecule has 0 aliphatic heterocycles. The second-order valence-corrected chi connectivity index (χ2v) is 4.93. The Morgan fingerprint density at radius 1 is 1.25 bits per heavy atom. The van der Waals surface area contributed by atoms with Crippen LogP contribution < -0.4 is 5.32 Å². The van der Waals surface area contributed by atoms with E-state index in [-0.39, 0.29) is 5.82 Å². The summed E-state index contributed by atoms with van der Waals surface area (Å²) in [7, 11) is 0. The fraction of sp³-hybridized carbons (Fsp3) is 0.538. The van der Waals surface area contributed by atoms with Crippen molar-refractivity contribution >= 4 is 11.8 Å². The van der Waals surface area contributed by atoms with Crippen LogP contribution >= 0.6 is 11.8 Å². The zero-order valence-corrected chi connectivity index (χ0v) is 10.7. The summed E-state index contributed by atoms with van der Waals surface area (Å²) < 4.78 is 12.9. The highest BCUT2D eigenvalue weighted by Crippen LogP contribution is 2.19. The summed E-state index contributed by atoms with van der Waals surface area (Å²) in [5, 5.41) is 3.37. The van der Waals surface area contributed by atoms with Gasteiger partial charge in [0.1, 0.15) is 5.82 Å². The van der Waals surface area contributed by atoms with Crippen LogP contribution in [0.3, 0.4) is 0 Å². The van der Waals surface area contributed by atoms with Crippen LogP contribution in [0.25, 0.3) is 0 Å². The van der Waals surface area contributed by atoms with Gasteiger partial charge in [-0.2, -0.15) is 0 Å². The fourth-order valence-electron chi connectivity index (χ4n) is 1.40. The van der Waals surface area contributed by atoms with Crippen molar-refractivity contribution in [3.63, 3.8) is 0 Å². The van der Waals surface area contributed by atoms with Crippen molar-refractivity contribution in [1.29, 1.82) is 0 Å². The van der Waals surface area contributed by atoms with E-state index in [1.54, 1.807) is 23.9 Å². The first-order chi connectivity index (χ1) is 7.83. The number of unbranched alkanes of at least 4 members (excludes halogenated alkanes) is 1. The summed E-state index contributed by atoms with van der Waals surface area (Å²) in [6, 6.07) is 6.81. The molecule has 0 heterocycles. The average Bonchev–Trinajstić information content (AvgIpc) is 2.28. The van der Waals surface area contributed by atoms with Gasteiger partial charge >= 0.3 is 0 Å². The van der Waals surface area contributed by atoms with Crippen molar-refractivity contribution in [1.82, 2.24) is 5.32 Å². The quantitative estimate of drug-likeness (QED) is 0.550. The van der Waals surface area contributed by atoms with Crippen molar-refractivity contribution in [2.24, 2.45) is 0 Å². The molecule has 16 heavy (non-hydrogen) atoms. The number of thioether (sulfide) groups is 1. The van der Waals surface area contributed by atoms with E-state index in [9.17, 15) is 4.39 Å². The molecule has 0 aliphatic rings. The zero-order chi connectivity index (χ0) is 11.6. The summed E-state index contributed by atoms with van der Waals surface area (Å²) in [5.41, 5.74) is 0. The van der Waals surface area contributed by atoms with Crippen LogP contribution in [-0.2, 0) is 0 Å². The molecule has 0 aliphatic carbocycles. The van der Waals surface area contributed by atoms with E-state index in [2.05, 4.69) is 12.2 Å². The van der Waals surface area contributed by atoms with Crippen LogP contribution in [0.2, 0.25) is 0 Å². The van der Waals surface area contributed by atoms with Gasteiger partial charge in [0, 0.05) is 4.90 Å². The van der Waals surface area contributed by atoms with E-state index >= 15 is 0 Å². The minimum Gasteiger partial charge on any atom is -0.317 e. The number of nitrogens with one attached hydrogen (secondary N) is 1. The third kappa shape index (κ3) is 6.13. The number of benzene rings is 1. The maximum atomic E-state index is 12.9. The van der Waals surface area contributed by atoms with Gasteiger partial charge in [-0.1, -0.05) is 13.0 Å². The zero-order valence-electron chi connectivity index (χ0n) is 9.84. The topological polar surface area (TPSA) is 12.0 Å². The molecule has 1 N–H and O–H groups in total. The highest BCUT2D eigenvalue weighted by atomic mass is 32.2. The van der Waals surface area contributed by atoms with E-state index in [0.29, 0.717) is 0 Å². The third-order valence-electron chi connectivity index (χ3n) is 2.24. The summed E-state index contributed by atoms with van der Waals surface area (Å²) in [6.45, 7) is 4.38. The monoisotopic (exact) mass is 241 g/mol. The lowest BCUT2D eigenvalue weighted by molar-refractivity contribution is 0.624. The molecule has 1 rings (SSSR count). The maximum absolute atomic E-state index is 12.9. The van der Waals surface area contributed by atoms with Crippen molar-refractivity contribution in [3.05, 3.63) is 30.1 Å². The van der Waals surface area contributed by atoms with E-state index in [1.807, 2.05) is 6.07 Å². The molecule has 1 aromatic carbocycles. The molecule has 0 fully saturated rings. The highest BCUT2D eigenvalue weighted by Gasteiger charge is 1.96. The van der Waals surface area contributed by atoms with Gasteiger partial charge in [0.05, 0.1) is 0 Å². The molecule has 0 amide bonds. The maximum Gasteiger partial charge on any atom is 0.124 e. The summed E-state index contributed by atoms with van der Waals surface area (Å²) in [6.07, 6.45) is 3.57. The Bertz CT molecular complexity index is 291. The highest BCUT2D eigenvalue weighted by molar-refractivity contribution is 7.99. The lowest BCUT2D eigenvalue weighted by Crippen LogP contribution is -2.15. The molecule has 90 valence electrons. The Morgan fingerprint density at radius 3 is 2.88 bits per heavy atom. The number of rotatable bonds is 8. The largest absolute Gasteiger partial charge is 0.317 e. The van der Waals surface area contributed by atoms with Gasteiger partial charge in [-0.3, -0.25) is 0 Å². The molecule has 0 aromatic heterocycles. The Morgan fingerprint density at radius 2 is 2.12 bits per heavy atom. The van der Waals surface area contributed by atoms with Crippen LogP contribution in [0.4, 0.5) is 4.39 Å². The lowest BCUT2D eigenvalue weighted by Gasteiger charge is -2.03. The van der Waals surface area contributed by atoms with Gasteiger partial charge in [0.25, 0.3) is 0 Å². The fourth-order valence-corrected chi connectivity index (χ4v) is 2.36. The van der Waals surface area contributed by atoms with E-state index in [4.69, 9.17) is 0 Å². The van der Waals surface area contributed by atoms with Gasteiger partial charge in [0.15, 0.2) is 0 Å². The first kappa shape index (κ1) is 13.5. The molecule has 0 saturated carbocycles. The van der Waals surface area contributed by atoms with E-state index in [1.165, 1.54) is 25.3 Å². The second kappa shape index (κ2) is 8.59. The predicted molar refractivity (Wildman–Crippen MR) is 69.5 cm³/mol. The lowest BCUT2D eigenvalue weighted by atomic mass is 10.3. The standard InChI is InChI=1S/C13H20FNS/c1-2-8-15-9-3-4-10-16-13-7-5-6-12(14)11-13/h5-7,11,15H,2-4,8-10H2,1H3. The van der Waals surface area contributed by atoms with Crippen molar-refractivity contribution in [2.75, 3.05) is 18.8 Å². The molecule has 0 saturated heterocycles. The number of hydrogen-bond acceptors (Lipinski definition) is 2. The minimum absolute atomic E-state index is 0.144. The van der Waals surface area contributed by atoms with Crippen molar-refractivity contribution in [3.8, 4) is 0 Å². The SMILES string of the molecule is CCCNCCCCSc1cccc(F)c1. The molecule has 1 nitrogen and oxygen atoms in total. The minimum atomic E-state index is -0.144.